The molecule has 0 spiro atoms. The van der Waals surface area contributed by atoms with Gasteiger partial charge in [0, 0.05) is 41.4 Å². The third-order valence-corrected chi connectivity index (χ3v) is 5.01. The number of carboxylic acid groups (broad SMARTS) is 1. The number of carboxylic acids is 1. The van der Waals surface area contributed by atoms with Crippen molar-refractivity contribution in [3.8, 4) is 0 Å². The molecule has 0 saturated heterocycles. The molecule has 0 saturated carbocycles. The third kappa shape index (κ3) is 3.75. The summed E-state index contributed by atoms with van der Waals surface area (Å²) in [6.07, 6.45) is 0. The number of nitrogens with one attached hydrogen (secondary N) is 1. The van der Waals surface area contributed by atoms with Gasteiger partial charge in [0.15, 0.2) is 0 Å². The standard InChI is InChI=1S/C23H22N2O2.ClH/c1-2-25-21-6-4-3-5-19(21)20-13-17(9-12-22(20)25)15-24-14-16-7-10-18(11-8-16)23(26)27;/h3-13,24H,2,14-15H2,1H3,(H,26,27);1H. The molecule has 4 nitrogen and oxygen atoms in total. The number of rotatable bonds is 6. The summed E-state index contributed by atoms with van der Waals surface area (Å²) in [5, 5.41) is 15.0. The normalized spacial score (nSPS) is 10.9. The maximum absolute atomic E-state index is 10.9. The second-order valence-corrected chi connectivity index (χ2v) is 6.72. The van der Waals surface area contributed by atoms with E-state index in [-0.39, 0.29) is 12.4 Å². The topological polar surface area (TPSA) is 54.3 Å². The second-order valence-electron chi connectivity index (χ2n) is 6.72. The lowest BCUT2D eigenvalue weighted by Gasteiger charge is -2.07. The highest BCUT2D eigenvalue weighted by Gasteiger charge is 2.09. The first-order valence-electron chi connectivity index (χ1n) is 9.20. The minimum atomic E-state index is -0.894. The highest BCUT2D eigenvalue weighted by Crippen LogP contribution is 2.29. The van der Waals surface area contributed by atoms with Crippen molar-refractivity contribution in [2.75, 3.05) is 0 Å². The van der Waals surface area contributed by atoms with Crippen molar-refractivity contribution in [1.29, 1.82) is 0 Å². The zero-order chi connectivity index (χ0) is 18.8. The minimum absolute atomic E-state index is 0. The Hall–Kier alpha value is -2.82. The first kappa shape index (κ1) is 19.9. The molecule has 3 aromatic carbocycles. The molecule has 0 radical (unpaired) electrons. The summed E-state index contributed by atoms with van der Waals surface area (Å²) in [5.74, 6) is -0.894. The number of hydrogen-bond acceptors (Lipinski definition) is 2. The molecule has 0 amide bonds. The molecule has 0 unspecified atom stereocenters. The summed E-state index contributed by atoms with van der Waals surface area (Å²) in [4.78, 5) is 10.9. The molecule has 28 heavy (non-hydrogen) atoms. The molecule has 0 fully saturated rings. The van der Waals surface area contributed by atoms with Crippen LogP contribution in [0.25, 0.3) is 21.8 Å². The van der Waals surface area contributed by atoms with Gasteiger partial charge in [0.1, 0.15) is 0 Å². The van der Waals surface area contributed by atoms with Crippen LogP contribution in [0.5, 0.6) is 0 Å². The molecule has 144 valence electrons. The van der Waals surface area contributed by atoms with Gasteiger partial charge in [-0.05, 0) is 48.4 Å². The van der Waals surface area contributed by atoms with Gasteiger partial charge in [-0.3, -0.25) is 0 Å². The fourth-order valence-corrected chi connectivity index (χ4v) is 3.67. The van der Waals surface area contributed by atoms with E-state index in [1.54, 1.807) is 12.1 Å². The largest absolute Gasteiger partial charge is 0.478 e. The van der Waals surface area contributed by atoms with Crippen molar-refractivity contribution < 1.29 is 9.90 Å². The van der Waals surface area contributed by atoms with Gasteiger partial charge in [-0.15, -0.1) is 12.4 Å². The summed E-state index contributed by atoms with van der Waals surface area (Å²) < 4.78 is 2.35. The van der Waals surface area contributed by atoms with E-state index in [0.717, 1.165) is 18.7 Å². The number of para-hydroxylation sites is 1. The maximum Gasteiger partial charge on any atom is 0.335 e. The second kappa shape index (κ2) is 8.46. The lowest BCUT2D eigenvalue weighted by Crippen LogP contribution is -2.12. The smallest absolute Gasteiger partial charge is 0.335 e. The fourth-order valence-electron chi connectivity index (χ4n) is 3.67. The van der Waals surface area contributed by atoms with E-state index in [0.29, 0.717) is 12.1 Å². The maximum atomic E-state index is 10.9. The van der Waals surface area contributed by atoms with E-state index in [2.05, 4.69) is 59.3 Å². The van der Waals surface area contributed by atoms with Gasteiger partial charge in [0.05, 0.1) is 5.56 Å². The Balaban J connectivity index is 0.00000225. The molecule has 0 aliphatic rings. The average molecular weight is 395 g/mol. The van der Waals surface area contributed by atoms with Gasteiger partial charge >= 0.3 is 5.97 Å². The quantitative estimate of drug-likeness (QED) is 0.471. The van der Waals surface area contributed by atoms with Gasteiger partial charge in [-0.25, -0.2) is 4.79 Å². The zero-order valence-corrected chi connectivity index (χ0v) is 16.5. The summed E-state index contributed by atoms with van der Waals surface area (Å²) >= 11 is 0. The van der Waals surface area contributed by atoms with Gasteiger partial charge in [0.25, 0.3) is 0 Å². The van der Waals surface area contributed by atoms with Crippen molar-refractivity contribution in [3.63, 3.8) is 0 Å². The Morgan fingerprint density at radius 3 is 2.25 bits per heavy atom. The van der Waals surface area contributed by atoms with Crippen LogP contribution in [0.15, 0.2) is 66.7 Å². The van der Waals surface area contributed by atoms with E-state index < -0.39 is 5.97 Å². The number of aromatic carboxylic acids is 1. The van der Waals surface area contributed by atoms with E-state index in [1.807, 2.05) is 12.1 Å². The first-order valence-corrected chi connectivity index (χ1v) is 9.20. The van der Waals surface area contributed by atoms with Gasteiger partial charge in [0.2, 0.25) is 0 Å². The van der Waals surface area contributed by atoms with E-state index in [1.165, 1.54) is 27.4 Å². The van der Waals surface area contributed by atoms with Crippen LogP contribution >= 0.6 is 12.4 Å². The summed E-state index contributed by atoms with van der Waals surface area (Å²) in [6.45, 7) is 4.60. The van der Waals surface area contributed by atoms with Gasteiger partial charge in [-0.2, -0.15) is 0 Å². The molecule has 0 atom stereocenters. The lowest BCUT2D eigenvalue weighted by atomic mass is 10.1. The Kier molecular flexibility index (Phi) is 6.02. The predicted octanol–water partition coefficient (Wildman–Crippen LogP) is 5.22. The Bertz CT molecular complexity index is 1120. The number of carbonyl (C=O) groups is 1. The summed E-state index contributed by atoms with van der Waals surface area (Å²) in [7, 11) is 0. The minimum Gasteiger partial charge on any atom is -0.478 e. The molecule has 0 bridgehead atoms. The highest BCUT2D eigenvalue weighted by atomic mass is 35.5. The Labute approximate surface area is 170 Å². The van der Waals surface area contributed by atoms with Crippen molar-refractivity contribution in [3.05, 3.63) is 83.4 Å². The number of halogens is 1. The van der Waals surface area contributed by atoms with Crippen LogP contribution in [-0.2, 0) is 19.6 Å². The van der Waals surface area contributed by atoms with Crippen LogP contribution in [0, 0.1) is 0 Å². The SMILES string of the molecule is CCn1c2ccccc2c2cc(CNCc3ccc(C(=O)O)cc3)ccc21.Cl. The number of hydrogen-bond donors (Lipinski definition) is 2. The molecule has 0 aliphatic carbocycles. The third-order valence-electron chi connectivity index (χ3n) is 5.01. The molecule has 1 aromatic heterocycles. The van der Waals surface area contributed by atoms with Crippen molar-refractivity contribution in [2.24, 2.45) is 0 Å². The van der Waals surface area contributed by atoms with Gasteiger partial charge < -0.3 is 15.0 Å². The molecular weight excluding hydrogens is 372 g/mol. The van der Waals surface area contributed by atoms with Crippen molar-refractivity contribution >= 4 is 40.2 Å². The van der Waals surface area contributed by atoms with Crippen molar-refractivity contribution in [2.45, 2.75) is 26.6 Å². The zero-order valence-electron chi connectivity index (χ0n) is 15.7. The summed E-state index contributed by atoms with van der Waals surface area (Å²) in [5.41, 5.74) is 5.18. The van der Waals surface area contributed by atoms with E-state index >= 15 is 0 Å². The molecule has 0 aliphatic heterocycles. The van der Waals surface area contributed by atoms with Crippen molar-refractivity contribution in [1.82, 2.24) is 9.88 Å². The monoisotopic (exact) mass is 394 g/mol. The molecule has 2 N–H and O–H groups in total. The van der Waals surface area contributed by atoms with E-state index in [9.17, 15) is 4.79 Å². The Morgan fingerprint density at radius 1 is 0.893 bits per heavy atom. The molecule has 4 aromatic rings. The van der Waals surface area contributed by atoms with Crippen LogP contribution < -0.4 is 5.32 Å². The molecule has 1 heterocycles. The van der Waals surface area contributed by atoms with Crippen LogP contribution in [0.3, 0.4) is 0 Å². The summed E-state index contributed by atoms with van der Waals surface area (Å²) in [6, 6.07) is 22.2. The Morgan fingerprint density at radius 2 is 1.54 bits per heavy atom. The molecule has 4 rings (SSSR count). The number of fused-ring (bicyclic) bond motifs is 3. The molecule has 5 heteroatoms. The van der Waals surface area contributed by atoms with E-state index in [4.69, 9.17) is 5.11 Å². The number of aromatic nitrogens is 1. The van der Waals surface area contributed by atoms with Crippen LogP contribution in [0.4, 0.5) is 0 Å². The predicted molar refractivity (Wildman–Crippen MR) is 116 cm³/mol. The number of aryl methyl sites for hydroxylation is 1. The van der Waals surface area contributed by atoms with Crippen LogP contribution in [0.1, 0.15) is 28.4 Å². The number of nitrogens with zero attached hydrogens (tertiary/aromatic N) is 1. The molecular formula is C23H23ClN2O2. The highest BCUT2D eigenvalue weighted by molar-refractivity contribution is 6.08. The first-order chi connectivity index (χ1) is 13.2. The fraction of sp³-hybridized carbons (Fsp3) is 0.174. The number of benzene rings is 3. The van der Waals surface area contributed by atoms with Crippen LogP contribution in [-0.4, -0.2) is 15.6 Å². The van der Waals surface area contributed by atoms with Gasteiger partial charge in [-0.1, -0.05) is 36.4 Å². The average Bonchev–Trinajstić information content (AvgIpc) is 3.01. The van der Waals surface area contributed by atoms with Crippen LogP contribution in [0.2, 0.25) is 0 Å². The lowest BCUT2D eigenvalue weighted by molar-refractivity contribution is 0.0697.